The van der Waals surface area contributed by atoms with E-state index in [0.29, 0.717) is 41.5 Å². The number of nitrogens with one attached hydrogen (secondary N) is 2. The molecule has 0 fully saturated rings. The van der Waals surface area contributed by atoms with Crippen LogP contribution in [0.15, 0.2) is 54.4 Å². The van der Waals surface area contributed by atoms with E-state index in [9.17, 15) is 19.6 Å². The van der Waals surface area contributed by atoms with Crippen molar-refractivity contribution in [3.05, 3.63) is 65.5 Å². The number of para-hydroxylation sites is 1. The summed E-state index contributed by atoms with van der Waals surface area (Å²) in [5.41, 5.74) is 1.43. The Morgan fingerprint density at radius 1 is 1.00 bits per heavy atom. The molecule has 0 aliphatic heterocycles. The monoisotopic (exact) mass is 375 g/mol. The maximum absolute atomic E-state index is 12.6. The van der Waals surface area contributed by atoms with E-state index < -0.39 is 7.12 Å². The SMILES string of the molecule is O=C(NCCCNC(=O)c1cc(B(O)O)nc2ccccc12)c1ccbcc1. The van der Waals surface area contributed by atoms with E-state index >= 15 is 0 Å². The maximum atomic E-state index is 12.6. The van der Waals surface area contributed by atoms with Crippen molar-refractivity contribution in [3.63, 3.8) is 0 Å². The van der Waals surface area contributed by atoms with Gasteiger partial charge in [-0.25, -0.2) is 0 Å². The number of fused-ring (bicyclic) bond motifs is 1. The molecular weight excluding hydrogens is 356 g/mol. The molecule has 2 heterocycles. The van der Waals surface area contributed by atoms with E-state index in [0.717, 1.165) is 0 Å². The number of hydrogen-bond donors (Lipinski definition) is 4. The molecular formula is C19H19B2N3O4. The van der Waals surface area contributed by atoms with Gasteiger partial charge in [0, 0.05) is 0 Å². The van der Waals surface area contributed by atoms with Gasteiger partial charge in [-0.3, -0.25) is 4.98 Å². The first-order valence-corrected chi connectivity index (χ1v) is 8.93. The molecule has 7 nitrogen and oxygen atoms in total. The molecule has 0 aliphatic carbocycles. The Bertz CT molecular complexity index is 983. The number of rotatable bonds is 7. The van der Waals surface area contributed by atoms with Crippen LogP contribution in [0.4, 0.5) is 0 Å². The van der Waals surface area contributed by atoms with Crippen molar-refractivity contribution in [2.24, 2.45) is 0 Å². The molecule has 0 saturated heterocycles. The molecule has 9 heteroatoms. The normalized spacial score (nSPS) is 10.4. The average Bonchev–Trinajstić information content (AvgIpc) is 2.72. The molecule has 0 atom stereocenters. The number of benzene rings is 1. The predicted molar refractivity (Wildman–Crippen MR) is 109 cm³/mol. The van der Waals surface area contributed by atoms with Gasteiger partial charge in [0.05, 0.1) is 11.1 Å². The topological polar surface area (TPSA) is 112 Å². The van der Waals surface area contributed by atoms with Crippen molar-refractivity contribution >= 4 is 42.3 Å². The number of aromatic nitrogens is 1. The summed E-state index contributed by atoms with van der Waals surface area (Å²) in [6, 6.07) is 11.9. The average molecular weight is 375 g/mol. The summed E-state index contributed by atoms with van der Waals surface area (Å²) in [7, 11) is -1.76. The number of carbonyl (C=O) groups excluding carboxylic acids is 2. The Hall–Kier alpha value is -3.03. The second-order valence-electron chi connectivity index (χ2n) is 6.22. The quantitative estimate of drug-likeness (QED) is 0.338. The molecule has 0 radical (unpaired) electrons. The zero-order chi connectivity index (χ0) is 19.9. The second kappa shape index (κ2) is 9.25. The number of pyridine rings is 1. The minimum atomic E-state index is -1.76. The zero-order valence-corrected chi connectivity index (χ0v) is 15.1. The minimum absolute atomic E-state index is 0.0129. The van der Waals surface area contributed by atoms with Gasteiger partial charge in [-0.05, 0) is 6.07 Å². The van der Waals surface area contributed by atoms with E-state index in [-0.39, 0.29) is 17.4 Å². The van der Waals surface area contributed by atoms with Crippen molar-refractivity contribution in [3.8, 4) is 0 Å². The predicted octanol–water partition coefficient (Wildman–Crippen LogP) is -0.197. The van der Waals surface area contributed by atoms with Gasteiger partial charge in [0.1, 0.15) is 0 Å². The summed E-state index contributed by atoms with van der Waals surface area (Å²) >= 11 is 0. The van der Waals surface area contributed by atoms with Crippen LogP contribution in [0.5, 0.6) is 0 Å². The number of nitrogens with zero attached hydrogens (tertiary/aromatic N) is 1. The van der Waals surface area contributed by atoms with Gasteiger partial charge < -0.3 is 10.0 Å². The third-order valence-corrected chi connectivity index (χ3v) is 4.21. The number of hydrogen-bond acceptors (Lipinski definition) is 5. The molecule has 0 saturated carbocycles. The Labute approximate surface area is 163 Å². The van der Waals surface area contributed by atoms with E-state index in [2.05, 4.69) is 15.6 Å². The van der Waals surface area contributed by atoms with Crippen LogP contribution >= 0.6 is 0 Å². The number of carbonyl (C=O) groups is 2. The third kappa shape index (κ3) is 4.82. The van der Waals surface area contributed by atoms with Gasteiger partial charge in [0.15, 0.2) is 0 Å². The molecule has 140 valence electrons. The molecule has 1 aromatic carbocycles. The molecule has 3 rings (SSSR count). The first-order chi connectivity index (χ1) is 13.6. The molecule has 0 spiro atoms. The molecule has 2 amide bonds. The third-order valence-electron chi connectivity index (χ3n) is 4.21. The van der Waals surface area contributed by atoms with Crippen molar-refractivity contribution in [1.29, 1.82) is 0 Å². The summed E-state index contributed by atoms with van der Waals surface area (Å²) in [6.45, 7) is 2.63. The van der Waals surface area contributed by atoms with Gasteiger partial charge >= 0.3 is 112 Å². The van der Waals surface area contributed by atoms with Gasteiger partial charge in [0.2, 0.25) is 0 Å². The summed E-state index contributed by atoms with van der Waals surface area (Å²) in [5, 5.41) is 25.0. The Balaban J connectivity index is 1.57. The first kappa shape index (κ1) is 19.7. The second-order valence-corrected chi connectivity index (χ2v) is 6.22. The van der Waals surface area contributed by atoms with Crippen LogP contribution in [-0.2, 0) is 0 Å². The molecule has 0 bridgehead atoms. The van der Waals surface area contributed by atoms with Gasteiger partial charge in [-0.15, -0.1) is 0 Å². The van der Waals surface area contributed by atoms with E-state index in [4.69, 9.17) is 0 Å². The van der Waals surface area contributed by atoms with Crippen LogP contribution < -0.4 is 16.2 Å². The zero-order valence-electron chi connectivity index (χ0n) is 15.1. The van der Waals surface area contributed by atoms with Crippen molar-refractivity contribution < 1.29 is 19.6 Å². The summed E-state index contributed by atoms with van der Waals surface area (Å²) in [6.07, 6.45) is 0.558. The van der Waals surface area contributed by atoms with Gasteiger partial charge in [0.25, 0.3) is 0 Å². The van der Waals surface area contributed by atoms with E-state index in [1.807, 2.05) is 6.91 Å². The fourth-order valence-corrected chi connectivity index (χ4v) is 2.80. The molecule has 28 heavy (non-hydrogen) atoms. The number of amides is 2. The van der Waals surface area contributed by atoms with Crippen LogP contribution in [0, 0.1) is 0 Å². The van der Waals surface area contributed by atoms with Gasteiger partial charge in [-0.1, -0.05) is 18.2 Å². The van der Waals surface area contributed by atoms with Crippen LogP contribution in [-0.4, -0.2) is 54.0 Å². The van der Waals surface area contributed by atoms with E-state index in [1.165, 1.54) is 6.07 Å². The Kier molecular flexibility index (Phi) is 6.52. The fourth-order valence-electron chi connectivity index (χ4n) is 2.80. The summed E-state index contributed by atoms with van der Waals surface area (Å²) < 4.78 is 0. The Morgan fingerprint density at radius 3 is 2.39 bits per heavy atom. The van der Waals surface area contributed by atoms with Crippen LogP contribution in [0.2, 0.25) is 0 Å². The van der Waals surface area contributed by atoms with Crippen molar-refractivity contribution in [2.75, 3.05) is 13.1 Å². The van der Waals surface area contributed by atoms with Crippen molar-refractivity contribution in [2.45, 2.75) is 6.42 Å². The standard InChI is InChI=1S/C19H19B2N3O4/c25-18(13-6-8-20-9-7-13)22-10-3-11-23-19(26)15-12-17(21(27)28)24-16-5-2-1-4-14(15)16/h1-2,4-9,12,27-28H,3,10-11H2,(H,22,25)(H,23,26). The molecule has 0 aliphatic rings. The first-order valence-electron chi connectivity index (χ1n) is 8.93. The molecule has 2 aromatic heterocycles. The summed E-state index contributed by atoms with van der Waals surface area (Å²) in [5.74, 6) is 3.10. The van der Waals surface area contributed by atoms with Crippen LogP contribution in [0.25, 0.3) is 10.9 Å². The Morgan fingerprint density at radius 2 is 1.68 bits per heavy atom. The van der Waals surface area contributed by atoms with Crippen molar-refractivity contribution in [1.82, 2.24) is 15.6 Å². The van der Waals surface area contributed by atoms with Crippen LogP contribution in [0.3, 0.4) is 0 Å². The fraction of sp³-hybridized carbons (Fsp3) is 0.158. The molecule has 0 unspecified atom stereocenters. The van der Waals surface area contributed by atoms with Crippen LogP contribution in [0.1, 0.15) is 27.1 Å². The molecule has 3 aromatic rings. The molecule has 4 N–H and O–H groups in total. The summed E-state index contributed by atoms with van der Waals surface area (Å²) in [4.78, 5) is 28.7. The van der Waals surface area contributed by atoms with Gasteiger partial charge in [-0.2, -0.15) is 0 Å². The van der Waals surface area contributed by atoms with E-state index in [1.54, 1.807) is 48.3 Å².